The van der Waals surface area contributed by atoms with E-state index in [1.54, 1.807) is 12.4 Å². The van der Waals surface area contributed by atoms with E-state index in [-0.39, 0.29) is 12.3 Å². The van der Waals surface area contributed by atoms with Gasteiger partial charge in [0.2, 0.25) is 11.9 Å². The van der Waals surface area contributed by atoms with Crippen molar-refractivity contribution in [3.05, 3.63) is 54.4 Å². The van der Waals surface area contributed by atoms with E-state index in [4.69, 9.17) is 0 Å². The van der Waals surface area contributed by atoms with Gasteiger partial charge in [0, 0.05) is 12.4 Å². The van der Waals surface area contributed by atoms with Crippen molar-refractivity contribution in [2.75, 3.05) is 5.32 Å². The third kappa shape index (κ3) is 2.60. The number of rotatable bonds is 3. The average molecular weight is 252 g/mol. The summed E-state index contributed by atoms with van der Waals surface area (Å²) in [6, 6.07) is 11.3. The summed E-state index contributed by atoms with van der Waals surface area (Å²) in [5, 5.41) is 2.75. The maximum atomic E-state index is 11.9. The molecule has 0 unspecified atom stereocenters. The Morgan fingerprint density at radius 3 is 2.89 bits per heavy atom. The zero-order chi connectivity index (χ0) is 13.1. The van der Waals surface area contributed by atoms with Gasteiger partial charge in [-0.25, -0.2) is 4.98 Å². The number of aromatic nitrogens is 3. The van der Waals surface area contributed by atoms with Crippen LogP contribution in [0.1, 0.15) is 5.56 Å². The second-order valence-corrected chi connectivity index (χ2v) is 4.19. The van der Waals surface area contributed by atoms with E-state index in [1.165, 1.54) is 0 Å². The number of carbonyl (C=O) groups excluding carboxylic acids is 1. The number of H-pyrrole nitrogens is 1. The molecule has 0 radical (unpaired) electrons. The number of para-hydroxylation sites is 2. The van der Waals surface area contributed by atoms with Crippen molar-refractivity contribution in [1.82, 2.24) is 15.0 Å². The summed E-state index contributed by atoms with van der Waals surface area (Å²) in [5.74, 6) is 0.349. The van der Waals surface area contributed by atoms with Crippen LogP contribution in [0.15, 0.2) is 48.8 Å². The van der Waals surface area contributed by atoms with E-state index in [0.717, 1.165) is 16.6 Å². The molecule has 0 fully saturated rings. The lowest BCUT2D eigenvalue weighted by molar-refractivity contribution is -0.115. The predicted molar refractivity (Wildman–Crippen MR) is 72.7 cm³/mol. The SMILES string of the molecule is O=C(Cc1cccnc1)Nc1nc2ccccc2[nH]1. The molecular weight excluding hydrogens is 240 g/mol. The lowest BCUT2D eigenvalue weighted by atomic mass is 10.2. The molecule has 2 aromatic heterocycles. The second-order valence-electron chi connectivity index (χ2n) is 4.19. The first-order valence-corrected chi connectivity index (χ1v) is 5.95. The maximum absolute atomic E-state index is 11.9. The van der Waals surface area contributed by atoms with Gasteiger partial charge in [-0.15, -0.1) is 0 Å². The molecule has 0 saturated carbocycles. The van der Waals surface area contributed by atoms with Gasteiger partial charge in [0.25, 0.3) is 0 Å². The molecule has 0 aliphatic rings. The molecule has 0 atom stereocenters. The lowest BCUT2D eigenvalue weighted by Gasteiger charge is -2.01. The Hall–Kier alpha value is -2.69. The zero-order valence-electron chi connectivity index (χ0n) is 10.1. The van der Waals surface area contributed by atoms with Crippen LogP contribution in [0.4, 0.5) is 5.95 Å². The van der Waals surface area contributed by atoms with Gasteiger partial charge in [0.1, 0.15) is 0 Å². The number of aromatic amines is 1. The lowest BCUT2D eigenvalue weighted by Crippen LogP contribution is -2.15. The Balaban J connectivity index is 1.72. The minimum absolute atomic E-state index is 0.118. The number of hydrogen-bond donors (Lipinski definition) is 2. The van der Waals surface area contributed by atoms with E-state index in [1.807, 2.05) is 36.4 Å². The van der Waals surface area contributed by atoms with Gasteiger partial charge in [0.05, 0.1) is 17.5 Å². The summed E-state index contributed by atoms with van der Waals surface area (Å²) in [4.78, 5) is 23.2. The topological polar surface area (TPSA) is 70.7 Å². The summed E-state index contributed by atoms with van der Waals surface area (Å²) in [7, 11) is 0. The van der Waals surface area contributed by atoms with Crippen molar-refractivity contribution < 1.29 is 4.79 Å². The molecule has 0 bridgehead atoms. The van der Waals surface area contributed by atoms with Crippen molar-refractivity contribution in [3.63, 3.8) is 0 Å². The molecule has 94 valence electrons. The molecule has 2 N–H and O–H groups in total. The van der Waals surface area contributed by atoms with Gasteiger partial charge in [-0.1, -0.05) is 18.2 Å². The van der Waals surface area contributed by atoms with E-state index in [2.05, 4.69) is 20.3 Å². The predicted octanol–water partition coefficient (Wildman–Crippen LogP) is 2.14. The Labute approximate surface area is 109 Å². The van der Waals surface area contributed by atoms with Crippen LogP contribution in [0, 0.1) is 0 Å². The molecular formula is C14H12N4O. The normalized spacial score (nSPS) is 10.5. The number of imidazole rings is 1. The minimum atomic E-state index is -0.118. The van der Waals surface area contributed by atoms with Crippen molar-refractivity contribution in [3.8, 4) is 0 Å². The van der Waals surface area contributed by atoms with Crippen LogP contribution in [0.5, 0.6) is 0 Å². The Morgan fingerprint density at radius 2 is 2.11 bits per heavy atom. The van der Waals surface area contributed by atoms with Crippen molar-refractivity contribution in [1.29, 1.82) is 0 Å². The highest BCUT2D eigenvalue weighted by molar-refractivity contribution is 5.92. The van der Waals surface area contributed by atoms with Gasteiger partial charge in [-0.3, -0.25) is 15.1 Å². The summed E-state index contributed by atoms with van der Waals surface area (Å²) < 4.78 is 0. The fourth-order valence-electron chi connectivity index (χ4n) is 1.88. The van der Waals surface area contributed by atoms with Crippen LogP contribution in [0.25, 0.3) is 11.0 Å². The van der Waals surface area contributed by atoms with Gasteiger partial charge in [0.15, 0.2) is 0 Å². The number of fused-ring (bicyclic) bond motifs is 1. The highest BCUT2D eigenvalue weighted by Gasteiger charge is 2.07. The van der Waals surface area contributed by atoms with E-state index in [0.29, 0.717) is 5.95 Å². The van der Waals surface area contributed by atoms with Crippen LogP contribution in [-0.2, 0) is 11.2 Å². The summed E-state index contributed by atoms with van der Waals surface area (Å²) in [5.41, 5.74) is 2.61. The smallest absolute Gasteiger partial charge is 0.231 e. The number of nitrogens with zero attached hydrogens (tertiary/aromatic N) is 2. The largest absolute Gasteiger partial charge is 0.324 e. The van der Waals surface area contributed by atoms with Crippen molar-refractivity contribution in [2.24, 2.45) is 0 Å². The quantitative estimate of drug-likeness (QED) is 0.750. The highest BCUT2D eigenvalue weighted by Crippen LogP contribution is 2.13. The van der Waals surface area contributed by atoms with Crippen LogP contribution >= 0.6 is 0 Å². The first-order valence-electron chi connectivity index (χ1n) is 5.95. The van der Waals surface area contributed by atoms with Gasteiger partial charge in [-0.05, 0) is 23.8 Å². The average Bonchev–Trinajstić information content (AvgIpc) is 2.81. The van der Waals surface area contributed by atoms with E-state index < -0.39 is 0 Å². The molecule has 0 saturated heterocycles. The summed E-state index contributed by atoms with van der Waals surface area (Å²) in [6.07, 6.45) is 3.64. The van der Waals surface area contributed by atoms with E-state index >= 15 is 0 Å². The number of anilines is 1. The number of pyridine rings is 1. The third-order valence-corrected chi connectivity index (χ3v) is 2.73. The summed E-state index contributed by atoms with van der Waals surface area (Å²) >= 11 is 0. The molecule has 5 nitrogen and oxygen atoms in total. The Morgan fingerprint density at radius 1 is 1.21 bits per heavy atom. The first kappa shape index (κ1) is 11.4. The Kier molecular flexibility index (Phi) is 2.94. The molecule has 2 heterocycles. The molecule has 19 heavy (non-hydrogen) atoms. The molecule has 3 aromatic rings. The van der Waals surface area contributed by atoms with Crippen LogP contribution in [0.3, 0.4) is 0 Å². The molecule has 5 heteroatoms. The number of carbonyl (C=O) groups is 1. The third-order valence-electron chi connectivity index (χ3n) is 2.73. The standard InChI is InChI=1S/C14H12N4O/c19-13(8-10-4-3-7-15-9-10)18-14-16-11-5-1-2-6-12(11)17-14/h1-7,9H,8H2,(H2,16,17,18,19). The second kappa shape index (κ2) is 4.89. The van der Waals surface area contributed by atoms with Crippen LogP contribution < -0.4 is 5.32 Å². The van der Waals surface area contributed by atoms with Crippen LogP contribution in [0.2, 0.25) is 0 Å². The highest BCUT2D eigenvalue weighted by atomic mass is 16.1. The van der Waals surface area contributed by atoms with E-state index in [9.17, 15) is 4.79 Å². The zero-order valence-corrected chi connectivity index (χ0v) is 10.1. The molecule has 1 aromatic carbocycles. The maximum Gasteiger partial charge on any atom is 0.231 e. The van der Waals surface area contributed by atoms with Crippen molar-refractivity contribution in [2.45, 2.75) is 6.42 Å². The molecule has 3 rings (SSSR count). The minimum Gasteiger partial charge on any atom is -0.324 e. The van der Waals surface area contributed by atoms with Gasteiger partial charge < -0.3 is 4.98 Å². The molecule has 0 aliphatic heterocycles. The monoisotopic (exact) mass is 252 g/mol. The van der Waals surface area contributed by atoms with Crippen LogP contribution in [-0.4, -0.2) is 20.9 Å². The molecule has 1 amide bonds. The number of benzene rings is 1. The fourth-order valence-corrected chi connectivity index (χ4v) is 1.88. The van der Waals surface area contributed by atoms with Gasteiger partial charge >= 0.3 is 0 Å². The Bertz CT molecular complexity index is 673. The van der Waals surface area contributed by atoms with Crippen molar-refractivity contribution >= 4 is 22.9 Å². The number of hydrogen-bond acceptors (Lipinski definition) is 3. The molecule has 0 spiro atoms. The number of nitrogens with one attached hydrogen (secondary N) is 2. The fraction of sp³-hybridized carbons (Fsp3) is 0.0714. The van der Waals surface area contributed by atoms with Gasteiger partial charge in [-0.2, -0.15) is 0 Å². The molecule has 0 aliphatic carbocycles. The first-order chi connectivity index (χ1) is 9.31. The summed E-state index contributed by atoms with van der Waals surface area (Å²) in [6.45, 7) is 0. The number of amides is 1.